The van der Waals surface area contributed by atoms with Crippen molar-refractivity contribution in [3.8, 4) is 0 Å². The van der Waals surface area contributed by atoms with Gasteiger partial charge in [0.1, 0.15) is 0 Å². The third-order valence-corrected chi connectivity index (χ3v) is 18.4. The molecule has 0 amide bonds. The van der Waals surface area contributed by atoms with Gasteiger partial charge in [-0.1, -0.05) is 0 Å². The number of hydrogen-bond acceptors (Lipinski definition) is 12. The summed E-state index contributed by atoms with van der Waals surface area (Å²) in [4.78, 5) is 28.6. The molecule has 4 aliphatic rings. The number of aliphatic imine (C=N–C) groups is 4. The second-order valence-corrected chi connectivity index (χ2v) is 21.7. The Morgan fingerprint density at radius 1 is 0.566 bits per heavy atom. The molecule has 14 nitrogen and oxygen atoms in total. The minimum Gasteiger partial charge on any atom is 1.00 e. The van der Waals surface area contributed by atoms with E-state index < -0.39 is 50.9 Å². The summed E-state index contributed by atoms with van der Waals surface area (Å²) in [6, 6.07) is 23.6. The van der Waals surface area contributed by atoms with Crippen LogP contribution in [0.4, 0.5) is 11.6 Å². The van der Waals surface area contributed by atoms with Crippen LogP contribution in [0.25, 0.3) is 21.5 Å². The summed E-state index contributed by atoms with van der Waals surface area (Å²) in [6.45, 7) is 0. The maximum atomic E-state index is 12.3. The van der Waals surface area contributed by atoms with Crippen molar-refractivity contribution in [1.29, 1.82) is 0 Å². The zero-order valence-corrected chi connectivity index (χ0v) is 39.5. The molecule has 10 rings (SSSR count). The van der Waals surface area contributed by atoms with Crippen molar-refractivity contribution < 1.29 is 115 Å². The molecule has 2 aromatic heterocycles. The molecule has 6 bridgehead atoms. The molecule has 0 unspecified atom stereocenters. The Morgan fingerprint density at radius 2 is 1.09 bits per heavy atom. The molecule has 0 radical (unpaired) electrons. The van der Waals surface area contributed by atoms with E-state index in [2.05, 4.69) is 6.07 Å². The number of benzene rings is 4. The van der Waals surface area contributed by atoms with Crippen LogP contribution in [-0.4, -0.2) is 75.2 Å². The van der Waals surface area contributed by atoms with Crippen LogP contribution in [0, 0.1) is 6.07 Å². The number of amidine groups is 4. The Kier molecular flexibility index (Phi) is 10.4. The molecule has 0 saturated heterocycles. The van der Waals surface area contributed by atoms with Gasteiger partial charge < -0.3 is 0 Å². The molecule has 0 N–H and O–H groups in total. The van der Waals surface area contributed by atoms with Crippen LogP contribution in [0.15, 0.2) is 119 Å². The number of halogens is 1. The van der Waals surface area contributed by atoms with Gasteiger partial charge in [0.2, 0.25) is 0 Å². The van der Waals surface area contributed by atoms with Gasteiger partial charge in [0.15, 0.2) is 0 Å². The van der Waals surface area contributed by atoms with Crippen molar-refractivity contribution in [2.45, 2.75) is 9.79 Å². The summed E-state index contributed by atoms with van der Waals surface area (Å²) in [5.74, 6) is 1.34. The van der Waals surface area contributed by atoms with Crippen LogP contribution in [0.1, 0.15) is 22.3 Å². The fraction of sp³-hybridized carbons (Fsp3) is 0. The van der Waals surface area contributed by atoms with E-state index in [1.165, 1.54) is 36.4 Å². The van der Waals surface area contributed by atoms with Gasteiger partial charge >= 0.3 is 384 Å². The predicted molar refractivity (Wildman–Crippen MR) is 182 cm³/mol. The van der Waals surface area contributed by atoms with E-state index in [-0.39, 0.29) is 129 Å². The molecule has 0 spiro atoms. The Hall–Kier alpha value is -1.78. The molecule has 0 atom stereocenters. The van der Waals surface area contributed by atoms with Crippen molar-refractivity contribution in [3.05, 3.63) is 118 Å². The molecule has 53 heavy (non-hydrogen) atoms. The quantitative estimate of drug-likeness (QED) is 0.0942. The largest absolute Gasteiger partial charge is 1.00 e. The van der Waals surface area contributed by atoms with Gasteiger partial charge in [-0.05, 0) is 0 Å². The van der Waals surface area contributed by atoms with Crippen molar-refractivity contribution in [1.82, 2.24) is 5.11 Å². The van der Waals surface area contributed by atoms with Gasteiger partial charge in [0.05, 0.1) is 0 Å². The number of rotatable bonds is 2. The second kappa shape index (κ2) is 14.0. The van der Waals surface area contributed by atoms with Gasteiger partial charge in [-0.25, -0.2) is 0 Å². The van der Waals surface area contributed by atoms with Crippen molar-refractivity contribution in [2.75, 3.05) is 0 Å². The Bertz CT molecular complexity index is 3150. The van der Waals surface area contributed by atoms with E-state index >= 15 is 0 Å². The van der Waals surface area contributed by atoms with Crippen molar-refractivity contribution >= 4 is 106 Å². The Balaban J connectivity index is 0.00000145. The summed E-state index contributed by atoms with van der Waals surface area (Å²) in [7, 11) is -2.02. The fourth-order valence-electron chi connectivity index (χ4n) is 6.68. The Morgan fingerprint density at radius 3 is 1.74 bits per heavy atom. The number of aromatic nitrogens is 2. The van der Waals surface area contributed by atoms with Gasteiger partial charge in [-0.15, -0.1) is 0 Å². The van der Waals surface area contributed by atoms with Crippen LogP contribution < -0.4 is 99.6 Å². The van der Waals surface area contributed by atoms with E-state index in [4.69, 9.17) is 38.5 Å². The van der Waals surface area contributed by atoms with Crippen LogP contribution in [0.5, 0.6) is 0 Å². The van der Waals surface area contributed by atoms with E-state index in [9.17, 15) is 25.9 Å². The summed E-state index contributed by atoms with van der Waals surface area (Å²) < 4.78 is 76.7. The predicted octanol–water partition coefficient (Wildman–Crippen LogP) is -6.22. The topological polar surface area (TPSA) is 198 Å². The molecule has 21 heteroatoms. The number of hydrogen-bond donors (Lipinski definition) is 0. The zero-order chi connectivity index (χ0) is 34.3. The van der Waals surface area contributed by atoms with Gasteiger partial charge in [0.25, 0.3) is 0 Å². The second-order valence-electron chi connectivity index (χ2n) is 11.7. The molecule has 0 aliphatic carbocycles. The van der Waals surface area contributed by atoms with E-state index in [1.54, 1.807) is 14.7 Å². The van der Waals surface area contributed by atoms with Gasteiger partial charge in [-0.3, -0.25) is 0 Å². The number of fused-ring (bicyclic) bond motifs is 14. The van der Waals surface area contributed by atoms with Crippen LogP contribution in [0.3, 0.4) is 0 Å². The van der Waals surface area contributed by atoms with Crippen molar-refractivity contribution in [3.63, 3.8) is 0 Å². The summed E-state index contributed by atoms with van der Waals surface area (Å²) in [6.07, 6.45) is 0. The van der Waals surface area contributed by atoms with Gasteiger partial charge in [-0.2, -0.15) is 0 Å². The molecular formula is C32H13ClInN8Na3O6S2. The van der Waals surface area contributed by atoms with Crippen molar-refractivity contribution in [2.24, 2.45) is 30.0 Å². The summed E-state index contributed by atoms with van der Waals surface area (Å²) in [5.41, 5.74) is 2.91. The molecule has 4 aromatic carbocycles. The molecule has 4 aliphatic heterocycles. The van der Waals surface area contributed by atoms with Crippen LogP contribution >= 0.6 is 8.58 Å². The number of nitrogens with zero attached hydrogens (tertiary/aromatic N) is 8. The average Bonchev–Trinajstić information content (AvgIpc) is 3.79. The SMILES string of the molecule is O=S(=O)([O-])c1ccc2c(c1)C1=Nc3c4ccc(S(=O)(=O)[O-])cc4c4[n]3[In]([Cl])[n]3c(c5c[c-]ccc5c3=NC3=NC(=N4)c4ccccc43)=NC2=N1.[Na+].[Na+].[Na+]. The standard InChI is InChI=1S/C32H15N8O6S2.ClH.In.3Na/c41-47(42,43)15-9-11-21-23(13-15)32-38-29(21)36-27-18-6-2-1-5-17(18)25(34-27)33-26-19-7-3-4-8-20(19)28(35-26)37-31-24-14-16(48(44,45)46)10-12-22(24)30(39-31)40-32;;;;;/h1,3-14H,(H2-2,33,34,35,36,37,38,39,40,41,42,43,44,45,46);1H;;;;/q-3;;+3;3*+1/p-3. The molecule has 0 saturated carbocycles. The monoisotopic (exact) mass is 888 g/mol. The first-order valence-electron chi connectivity index (χ1n) is 14.8. The average molecular weight is 889 g/mol. The van der Waals surface area contributed by atoms with Crippen LogP contribution in [0.2, 0.25) is 0 Å². The molecule has 0 fully saturated rings. The first kappa shape index (κ1) is 39.5. The Labute approximate surface area is 378 Å². The molecule has 6 aromatic rings. The van der Waals surface area contributed by atoms with Gasteiger partial charge in [0, 0.05) is 0 Å². The molecule has 6 heterocycles. The van der Waals surface area contributed by atoms with E-state index in [1.807, 2.05) is 32.9 Å². The molecule has 242 valence electrons. The maximum absolute atomic E-state index is 12.3. The third-order valence-electron chi connectivity index (χ3n) is 8.89. The van der Waals surface area contributed by atoms with E-state index in [0.717, 1.165) is 0 Å². The fourth-order valence-corrected chi connectivity index (χ4v) is 15.4. The summed E-state index contributed by atoms with van der Waals surface area (Å²) in [5, 5.41) is 2.00. The third kappa shape index (κ3) is 6.11. The minimum absolute atomic E-state index is 0. The normalized spacial score (nSPS) is 14.9. The van der Waals surface area contributed by atoms with Crippen LogP contribution in [-0.2, 0) is 20.2 Å². The maximum Gasteiger partial charge on any atom is 1.00 e. The first-order chi connectivity index (χ1) is 24.0. The zero-order valence-electron chi connectivity index (χ0n) is 27.8. The first-order valence-corrected chi connectivity index (χ1v) is 24.7. The smallest absolute Gasteiger partial charge is 1.00 e. The minimum atomic E-state index is -4.90. The summed E-state index contributed by atoms with van der Waals surface area (Å²) >= 11 is -4.20. The molecular weight excluding hydrogens is 876 g/mol. The van der Waals surface area contributed by atoms with E-state index in [0.29, 0.717) is 49.7 Å².